The monoisotopic (exact) mass is 586 g/mol. The maximum Gasteiger partial charge on any atom is 0.312 e. The Morgan fingerprint density at radius 2 is 1.98 bits per heavy atom. The van der Waals surface area contributed by atoms with Crippen LogP contribution in [0.15, 0.2) is 43.5 Å². The number of carbonyl (C=O) groups excluding carboxylic acids is 3. The summed E-state index contributed by atoms with van der Waals surface area (Å²) in [5.74, 6) is -2.60. The molecule has 3 saturated heterocycles. The molecule has 0 radical (unpaired) electrons. The molecule has 1 spiro atoms. The summed E-state index contributed by atoms with van der Waals surface area (Å²) in [5.41, 5.74) is -0.659. The number of likely N-dealkylation sites (tertiary alicyclic amines) is 1. The molecule has 0 aliphatic carbocycles. The molecule has 8 nitrogen and oxygen atoms in total. The van der Waals surface area contributed by atoms with Crippen LogP contribution in [0, 0.1) is 18.8 Å². The number of nitrogens with zero attached hydrogens (tertiary/aromatic N) is 2. The minimum absolute atomic E-state index is 0.0595. The van der Waals surface area contributed by atoms with E-state index in [4.69, 9.17) is 21.1 Å². The first-order valence-corrected chi connectivity index (χ1v) is 15.1. The zero-order valence-corrected chi connectivity index (χ0v) is 25.0. The Labute approximate surface area is 248 Å². The van der Waals surface area contributed by atoms with Gasteiger partial charge in [-0.3, -0.25) is 14.4 Å². The van der Waals surface area contributed by atoms with Gasteiger partial charge in [-0.2, -0.15) is 0 Å². The van der Waals surface area contributed by atoms with E-state index in [1.807, 2.05) is 32.1 Å². The largest absolute Gasteiger partial charge is 0.465 e. The topological polar surface area (TPSA) is 96.4 Å². The highest BCUT2D eigenvalue weighted by molar-refractivity contribution is 6.34. The van der Waals surface area contributed by atoms with Gasteiger partial charge >= 0.3 is 5.97 Å². The number of ether oxygens (including phenoxy) is 2. The fourth-order valence-corrected chi connectivity index (χ4v) is 7.38. The highest BCUT2D eigenvalue weighted by Gasteiger charge is 2.78. The van der Waals surface area contributed by atoms with Crippen LogP contribution in [0.3, 0.4) is 0 Å². The summed E-state index contributed by atoms with van der Waals surface area (Å²) >= 11 is 6.62. The van der Waals surface area contributed by atoms with Gasteiger partial charge in [0, 0.05) is 19.7 Å². The molecule has 3 aliphatic rings. The van der Waals surface area contributed by atoms with Crippen molar-refractivity contribution >= 4 is 35.1 Å². The minimum atomic E-state index is -1.15. The van der Waals surface area contributed by atoms with Crippen LogP contribution in [0.2, 0.25) is 5.02 Å². The van der Waals surface area contributed by atoms with Gasteiger partial charge in [0.1, 0.15) is 17.6 Å². The van der Waals surface area contributed by atoms with Crippen LogP contribution in [0.1, 0.15) is 63.9 Å². The fourth-order valence-electron chi connectivity index (χ4n) is 7.06. The molecule has 2 amide bonds. The summed E-state index contributed by atoms with van der Waals surface area (Å²) in [6.45, 7) is 12.2. The third kappa shape index (κ3) is 5.71. The first-order valence-electron chi connectivity index (χ1n) is 14.7. The number of aryl methyl sites for hydroxylation is 1. The summed E-state index contributed by atoms with van der Waals surface area (Å²) in [6.07, 6.45) is 8.82. The predicted octanol–water partition coefficient (Wildman–Crippen LogP) is 4.99. The highest BCUT2D eigenvalue weighted by atomic mass is 35.5. The second kappa shape index (κ2) is 13.1. The quantitative estimate of drug-likeness (QED) is 0.177. The third-order valence-corrected chi connectivity index (χ3v) is 9.21. The number of hydrogen-bond donors (Lipinski definition) is 1. The normalized spacial score (nSPS) is 28.0. The number of anilines is 1. The average Bonchev–Trinajstić information content (AvgIpc) is 3.50. The Morgan fingerprint density at radius 1 is 1.20 bits per heavy atom. The Kier molecular flexibility index (Phi) is 9.98. The van der Waals surface area contributed by atoms with E-state index < -0.39 is 35.0 Å². The molecule has 0 saturated carbocycles. The van der Waals surface area contributed by atoms with Crippen molar-refractivity contribution in [3.63, 3.8) is 0 Å². The number of benzene rings is 1. The van der Waals surface area contributed by atoms with Crippen molar-refractivity contribution in [1.82, 2.24) is 4.90 Å². The lowest BCUT2D eigenvalue weighted by Gasteiger charge is -2.37. The number of allylic oxidation sites excluding steroid dienone is 1. The van der Waals surface area contributed by atoms with E-state index in [0.717, 1.165) is 18.4 Å². The summed E-state index contributed by atoms with van der Waals surface area (Å²) < 4.78 is 12.4. The van der Waals surface area contributed by atoms with Crippen molar-refractivity contribution in [3.05, 3.63) is 54.1 Å². The SMILES string of the molecule is C=CCCCCOC(=O)[C@H]1[C@H]2C(=O)N(CCCCCO)C(C(=O)N(CC=C)c3c(C)cccc3Cl)C23CC[C@]1(C)O3. The maximum atomic E-state index is 14.6. The summed E-state index contributed by atoms with van der Waals surface area (Å²) in [7, 11) is 0. The van der Waals surface area contributed by atoms with E-state index >= 15 is 0 Å². The van der Waals surface area contributed by atoms with Gasteiger partial charge in [0.05, 0.1) is 28.8 Å². The molecular formula is C32H43ClN2O6. The molecule has 1 N–H and O–H groups in total. The number of esters is 1. The molecule has 9 heteroatoms. The number of aliphatic hydroxyl groups excluding tert-OH is 1. The molecule has 2 bridgehead atoms. The Hall–Kier alpha value is -2.68. The number of halogens is 1. The fraction of sp³-hybridized carbons (Fsp3) is 0.594. The lowest BCUT2D eigenvalue weighted by atomic mass is 9.66. The molecule has 4 rings (SSSR count). The molecule has 2 unspecified atom stereocenters. The van der Waals surface area contributed by atoms with Crippen molar-refractivity contribution in [2.75, 3.05) is 31.2 Å². The van der Waals surface area contributed by atoms with Crippen LogP contribution in [0.5, 0.6) is 0 Å². The van der Waals surface area contributed by atoms with Gasteiger partial charge in [-0.25, -0.2) is 0 Å². The number of rotatable bonds is 15. The summed E-state index contributed by atoms with van der Waals surface area (Å²) in [4.78, 5) is 45.6. The van der Waals surface area contributed by atoms with E-state index in [9.17, 15) is 19.5 Å². The van der Waals surface area contributed by atoms with Gasteiger partial charge in [-0.05, 0) is 76.8 Å². The van der Waals surface area contributed by atoms with E-state index in [1.165, 1.54) is 0 Å². The zero-order valence-electron chi connectivity index (χ0n) is 24.3. The van der Waals surface area contributed by atoms with E-state index in [0.29, 0.717) is 55.8 Å². The van der Waals surface area contributed by atoms with Crippen molar-refractivity contribution in [2.24, 2.45) is 11.8 Å². The van der Waals surface area contributed by atoms with E-state index in [2.05, 4.69) is 13.2 Å². The first-order chi connectivity index (χ1) is 19.7. The van der Waals surface area contributed by atoms with E-state index in [-0.39, 0.29) is 31.6 Å². The molecule has 0 aromatic heterocycles. The van der Waals surface area contributed by atoms with Crippen molar-refractivity contribution in [2.45, 2.75) is 82.5 Å². The zero-order chi connectivity index (χ0) is 29.8. The van der Waals surface area contributed by atoms with Crippen LogP contribution in [-0.2, 0) is 23.9 Å². The number of para-hydroxylation sites is 1. The van der Waals surface area contributed by atoms with Crippen LogP contribution in [-0.4, -0.2) is 71.3 Å². The molecule has 1 aromatic carbocycles. The smallest absolute Gasteiger partial charge is 0.312 e. The molecule has 224 valence electrons. The summed E-state index contributed by atoms with van der Waals surface area (Å²) in [6, 6.07) is 4.52. The van der Waals surface area contributed by atoms with Crippen molar-refractivity contribution < 1.29 is 29.0 Å². The van der Waals surface area contributed by atoms with Crippen LogP contribution < -0.4 is 4.90 Å². The lowest BCUT2D eigenvalue weighted by molar-refractivity contribution is -0.159. The van der Waals surface area contributed by atoms with Crippen molar-refractivity contribution in [1.29, 1.82) is 0 Å². The van der Waals surface area contributed by atoms with Crippen LogP contribution in [0.4, 0.5) is 5.69 Å². The van der Waals surface area contributed by atoms with Crippen LogP contribution in [0.25, 0.3) is 0 Å². The number of hydrogen-bond acceptors (Lipinski definition) is 6. The molecule has 3 heterocycles. The third-order valence-electron chi connectivity index (χ3n) is 8.90. The Morgan fingerprint density at radius 3 is 2.66 bits per heavy atom. The predicted molar refractivity (Wildman–Crippen MR) is 159 cm³/mol. The van der Waals surface area contributed by atoms with Gasteiger partial charge in [0.25, 0.3) is 5.91 Å². The molecular weight excluding hydrogens is 544 g/mol. The van der Waals surface area contributed by atoms with Crippen LogP contribution >= 0.6 is 11.6 Å². The first kappa shape index (κ1) is 31.3. The number of carbonyl (C=O) groups is 3. The number of amides is 2. The second-order valence-corrected chi connectivity index (χ2v) is 12.0. The van der Waals surface area contributed by atoms with Gasteiger partial charge in [-0.15, -0.1) is 13.2 Å². The minimum Gasteiger partial charge on any atom is -0.465 e. The lowest BCUT2D eigenvalue weighted by Crippen LogP contribution is -2.56. The number of fused-ring (bicyclic) bond motifs is 1. The number of unbranched alkanes of at least 4 members (excludes halogenated alkanes) is 4. The average molecular weight is 587 g/mol. The molecule has 1 aromatic rings. The molecule has 3 aliphatic heterocycles. The van der Waals surface area contributed by atoms with Crippen molar-refractivity contribution in [3.8, 4) is 0 Å². The van der Waals surface area contributed by atoms with Gasteiger partial charge in [0.15, 0.2) is 0 Å². The highest BCUT2D eigenvalue weighted by Crippen LogP contribution is 2.63. The molecule has 3 fully saturated rings. The second-order valence-electron chi connectivity index (χ2n) is 11.6. The van der Waals surface area contributed by atoms with Gasteiger partial charge in [-0.1, -0.05) is 35.9 Å². The molecule has 5 atom stereocenters. The van der Waals surface area contributed by atoms with Gasteiger partial charge < -0.3 is 24.4 Å². The Bertz CT molecular complexity index is 1150. The van der Waals surface area contributed by atoms with Gasteiger partial charge in [0.2, 0.25) is 5.91 Å². The molecule has 41 heavy (non-hydrogen) atoms. The summed E-state index contributed by atoms with van der Waals surface area (Å²) in [5, 5.41) is 9.71. The maximum absolute atomic E-state index is 14.6. The van der Waals surface area contributed by atoms with E-state index in [1.54, 1.807) is 21.9 Å². The number of aliphatic hydroxyl groups is 1. The standard InChI is InChI=1S/C32H43ClN2O6/c1-5-7-8-12-21-40-30(39)25-24-28(37)35(19-10-9-11-20-36)27(32(24)17-16-31(25,4)41-32)29(38)34(18-6-2)26-22(3)14-13-15-23(26)33/h5-6,13-15,24-25,27,36H,1-2,7-12,16-21H2,3-4H3/t24-,25+,27?,31-,32?/m0/s1. The Balaban J connectivity index is 1.71.